The first-order valence-corrected chi connectivity index (χ1v) is 10.9. The van der Waals surface area contributed by atoms with Crippen LogP contribution in [0.5, 0.6) is 0 Å². The van der Waals surface area contributed by atoms with E-state index in [1.807, 2.05) is 0 Å². The maximum atomic E-state index is 13.9. The molecule has 0 bridgehead atoms. The summed E-state index contributed by atoms with van der Waals surface area (Å²) in [6.07, 6.45) is -8.48. The molecule has 0 fully saturated rings. The molecule has 0 aliphatic rings. The highest BCUT2D eigenvalue weighted by Crippen LogP contribution is 2.64. The minimum absolute atomic E-state index is 0.0471. The Labute approximate surface area is 202 Å². The molecule has 0 heterocycles. The normalized spacial score (nSPS) is 16.2. The SMILES string of the molecule is C[N+](C)(CCO)CCCNS(=O)(=O)C(F)(F)C(F)(F)C(F)(F)C(F)(F)C(F)(F)C(F)(F)C(F)(F)C(F)(F)F. The van der Waals surface area contributed by atoms with Gasteiger partial charge in [-0.25, -0.2) is 13.1 Å². The van der Waals surface area contributed by atoms with Crippen molar-refractivity contribution in [3.8, 4) is 0 Å². The zero-order valence-corrected chi connectivity index (χ0v) is 19.4. The van der Waals surface area contributed by atoms with E-state index in [1.165, 1.54) is 14.1 Å². The summed E-state index contributed by atoms with van der Waals surface area (Å²) in [5, 5.41) is 1.21. The van der Waals surface area contributed by atoms with Gasteiger partial charge < -0.3 is 9.59 Å². The highest BCUT2D eigenvalue weighted by Gasteiger charge is 2.96. The quantitative estimate of drug-likeness (QED) is 0.171. The van der Waals surface area contributed by atoms with Crippen molar-refractivity contribution in [2.75, 3.05) is 40.3 Å². The molecule has 0 amide bonds. The lowest BCUT2D eigenvalue weighted by atomic mass is 9.91. The van der Waals surface area contributed by atoms with E-state index in [-0.39, 0.29) is 17.6 Å². The molecular weight excluding hydrogens is 611 g/mol. The zero-order valence-electron chi connectivity index (χ0n) is 18.6. The molecule has 0 aliphatic heterocycles. The summed E-state index contributed by atoms with van der Waals surface area (Å²) < 4.78 is 248. The van der Waals surface area contributed by atoms with Crippen LogP contribution >= 0.6 is 0 Å². The lowest BCUT2D eigenvalue weighted by Crippen LogP contribution is -2.75. The van der Waals surface area contributed by atoms with Crippen molar-refractivity contribution in [1.82, 2.24) is 4.72 Å². The fraction of sp³-hybridized carbons (Fsp3) is 1.00. The van der Waals surface area contributed by atoms with Gasteiger partial charge in [-0.1, -0.05) is 0 Å². The van der Waals surface area contributed by atoms with Crippen molar-refractivity contribution >= 4 is 10.0 Å². The van der Waals surface area contributed by atoms with Gasteiger partial charge >= 0.3 is 47.0 Å². The van der Waals surface area contributed by atoms with Gasteiger partial charge in [0.15, 0.2) is 0 Å². The maximum Gasteiger partial charge on any atom is 0.460 e. The van der Waals surface area contributed by atoms with Crippen molar-refractivity contribution in [3.63, 3.8) is 0 Å². The summed E-state index contributed by atoms with van der Waals surface area (Å²) >= 11 is 0. The first kappa shape index (κ1) is 36.6. The molecule has 0 aromatic carbocycles. The minimum Gasteiger partial charge on any atom is -0.391 e. The number of aliphatic hydroxyl groups excluding tert-OH is 1. The standard InChI is InChI=1S/C15H18F17N2O3S/c1-34(2,6-7-35)5-3-4-33-38(36,37)15(31,32)13(26,27)11(22,23)9(18,19)8(16,17)10(20,21)12(24,25)14(28,29)30/h33,35H,3-7H2,1-2H3/q+1. The van der Waals surface area contributed by atoms with Crippen LogP contribution in [0.15, 0.2) is 0 Å². The molecule has 23 heteroatoms. The summed E-state index contributed by atoms with van der Waals surface area (Å²) in [5.41, 5.74) is 0. The molecule has 0 saturated carbocycles. The third-order valence-corrected chi connectivity index (χ3v) is 6.48. The van der Waals surface area contributed by atoms with E-state index in [1.54, 1.807) is 0 Å². The number of halogens is 17. The molecule has 0 rings (SSSR count). The smallest absolute Gasteiger partial charge is 0.391 e. The predicted molar refractivity (Wildman–Crippen MR) is 91.2 cm³/mol. The largest absolute Gasteiger partial charge is 0.460 e. The Balaban J connectivity index is 6.41. The van der Waals surface area contributed by atoms with Crippen LogP contribution in [0.3, 0.4) is 0 Å². The van der Waals surface area contributed by atoms with Crippen LogP contribution < -0.4 is 4.72 Å². The molecule has 2 N–H and O–H groups in total. The van der Waals surface area contributed by atoms with Gasteiger partial charge in [-0.3, -0.25) is 0 Å². The van der Waals surface area contributed by atoms with Crippen molar-refractivity contribution in [1.29, 1.82) is 0 Å². The van der Waals surface area contributed by atoms with Crippen LogP contribution in [0.25, 0.3) is 0 Å². The highest BCUT2D eigenvalue weighted by atomic mass is 32.2. The number of hydrogen-bond acceptors (Lipinski definition) is 3. The lowest BCUT2D eigenvalue weighted by molar-refractivity contribution is -0.890. The number of sulfonamides is 1. The summed E-state index contributed by atoms with van der Waals surface area (Å²) in [7, 11) is -4.58. The Kier molecular flexibility index (Phi) is 9.87. The number of rotatable bonds is 14. The fourth-order valence-electron chi connectivity index (χ4n) is 2.50. The summed E-state index contributed by atoms with van der Waals surface area (Å²) in [5.74, 6) is -51.7. The van der Waals surface area contributed by atoms with E-state index < -0.39 is 76.6 Å². The topological polar surface area (TPSA) is 66.4 Å². The average molecular weight is 629 g/mol. The van der Waals surface area contributed by atoms with Gasteiger partial charge in [-0.05, 0) is 0 Å². The second-order valence-electron chi connectivity index (χ2n) is 8.32. The first-order valence-electron chi connectivity index (χ1n) is 9.40. The second kappa shape index (κ2) is 10.2. The van der Waals surface area contributed by atoms with Gasteiger partial charge in [-0.2, -0.15) is 74.6 Å². The molecule has 230 valence electrons. The third kappa shape index (κ3) is 5.60. The monoisotopic (exact) mass is 629 g/mol. The molecule has 0 aromatic rings. The number of alkyl halides is 17. The Morgan fingerprint density at radius 2 is 0.947 bits per heavy atom. The van der Waals surface area contributed by atoms with Gasteiger partial charge in [0.05, 0.1) is 27.2 Å². The van der Waals surface area contributed by atoms with Crippen LogP contribution in [0.2, 0.25) is 0 Å². The van der Waals surface area contributed by atoms with E-state index >= 15 is 0 Å². The van der Waals surface area contributed by atoms with Crippen molar-refractivity contribution in [2.24, 2.45) is 0 Å². The van der Waals surface area contributed by atoms with Crippen LogP contribution in [0.1, 0.15) is 6.42 Å². The van der Waals surface area contributed by atoms with E-state index in [0.29, 0.717) is 4.72 Å². The van der Waals surface area contributed by atoms with Gasteiger partial charge in [0.2, 0.25) is 0 Å². The number of nitrogens with one attached hydrogen (secondary N) is 1. The van der Waals surface area contributed by atoms with Crippen molar-refractivity contribution < 1.29 is 92.6 Å². The minimum atomic E-state index is -8.85. The molecule has 38 heavy (non-hydrogen) atoms. The summed E-state index contributed by atoms with van der Waals surface area (Å²) in [4.78, 5) is 0. The van der Waals surface area contributed by atoms with E-state index in [2.05, 4.69) is 0 Å². The number of nitrogens with zero attached hydrogens (tertiary/aromatic N) is 1. The van der Waals surface area contributed by atoms with Crippen LogP contribution in [-0.2, 0) is 10.0 Å². The molecule has 0 saturated heterocycles. The van der Waals surface area contributed by atoms with E-state index in [0.717, 1.165) is 0 Å². The number of likely N-dealkylation sites (N-methyl/N-ethyl adjacent to an activating group) is 1. The maximum absolute atomic E-state index is 13.9. The molecule has 0 aliphatic carbocycles. The molecule has 0 spiro atoms. The fourth-order valence-corrected chi connectivity index (χ4v) is 3.57. The van der Waals surface area contributed by atoms with Crippen LogP contribution in [-0.4, -0.2) is 105 Å². The Hall–Kier alpha value is -1.36. The summed E-state index contributed by atoms with van der Waals surface area (Å²) in [6, 6.07) is 0. The van der Waals surface area contributed by atoms with Crippen molar-refractivity contribution in [2.45, 2.75) is 53.4 Å². The molecule has 5 nitrogen and oxygen atoms in total. The molecule has 0 aromatic heterocycles. The van der Waals surface area contributed by atoms with Gasteiger partial charge in [0.25, 0.3) is 10.0 Å². The zero-order chi connectivity index (χ0) is 31.2. The van der Waals surface area contributed by atoms with Gasteiger partial charge in [-0.15, -0.1) is 0 Å². The lowest BCUT2D eigenvalue weighted by Gasteiger charge is -2.42. The molecule has 0 atom stereocenters. The number of aliphatic hydroxyl groups is 1. The summed E-state index contributed by atoms with van der Waals surface area (Å²) in [6.45, 7) is -2.09. The Bertz CT molecular complexity index is 931. The highest BCUT2D eigenvalue weighted by molar-refractivity contribution is 7.90. The van der Waals surface area contributed by atoms with E-state index in [9.17, 15) is 83.1 Å². The van der Waals surface area contributed by atoms with Crippen LogP contribution in [0, 0.1) is 0 Å². The predicted octanol–water partition coefficient (Wildman–Crippen LogP) is 4.33. The number of hydrogen-bond donors (Lipinski definition) is 2. The Morgan fingerprint density at radius 1 is 0.605 bits per heavy atom. The molecule has 0 radical (unpaired) electrons. The average Bonchev–Trinajstić information content (AvgIpc) is 2.69. The van der Waals surface area contributed by atoms with Gasteiger partial charge in [0, 0.05) is 13.0 Å². The molecular formula is C15H18F17N2O3S+. The molecule has 0 unspecified atom stereocenters. The van der Waals surface area contributed by atoms with Crippen LogP contribution in [0.4, 0.5) is 74.6 Å². The third-order valence-electron chi connectivity index (χ3n) is 4.97. The first-order chi connectivity index (χ1) is 16.3. The number of quaternary nitrogens is 1. The Morgan fingerprint density at radius 3 is 1.29 bits per heavy atom. The second-order valence-corrected chi connectivity index (χ2v) is 10.1. The van der Waals surface area contributed by atoms with Crippen molar-refractivity contribution in [3.05, 3.63) is 0 Å². The van der Waals surface area contributed by atoms with Gasteiger partial charge in [0.1, 0.15) is 6.54 Å². The van der Waals surface area contributed by atoms with E-state index in [4.69, 9.17) is 5.11 Å².